The number of nitrogens with zero attached hydrogens (tertiary/aromatic N) is 1. The fourth-order valence-corrected chi connectivity index (χ4v) is 3.89. The molecule has 12 heteroatoms. The van der Waals surface area contributed by atoms with Crippen LogP contribution >= 0.6 is 27.5 Å². The van der Waals surface area contributed by atoms with Crippen molar-refractivity contribution in [1.82, 2.24) is 5.32 Å². The third kappa shape index (κ3) is 9.90. The Balaban J connectivity index is 0.000000307. The molecule has 42 heavy (non-hydrogen) atoms. The van der Waals surface area contributed by atoms with Gasteiger partial charge in [-0.3, -0.25) is 14.9 Å². The third-order valence-electron chi connectivity index (χ3n) is 5.84. The predicted molar refractivity (Wildman–Crippen MR) is 161 cm³/mol. The summed E-state index contributed by atoms with van der Waals surface area (Å²) in [5, 5.41) is 13.8. The van der Waals surface area contributed by atoms with Gasteiger partial charge in [-0.25, -0.2) is 0 Å². The molecule has 1 unspecified atom stereocenters. The largest absolute Gasteiger partial charge is 0.487 e. The van der Waals surface area contributed by atoms with Gasteiger partial charge in [-0.05, 0) is 56.0 Å². The Morgan fingerprint density at radius 2 is 1.60 bits per heavy atom. The summed E-state index contributed by atoms with van der Waals surface area (Å²) >= 11 is 9.28. The molecule has 0 saturated carbocycles. The van der Waals surface area contributed by atoms with Gasteiger partial charge in [-0.1, -0.05) is 78.6 Å². The molecule has 0 aliphatic carbocycles. The average molecular weight is 674 g/mol. The van der Waals surface area contributed by atoms with Gasteiger partial charge >= 0.3 is 11.9 Å². The second-order valence-electron chi connectivity index (χ2n) is 10.8. The number of nitrogens with one attached hydrogen (secondary N) is 1. The monoisotopic (exact) mass is 672 g/mol. The number of carbonyl (C=O) groups is 1. The summed E-state index contributed by atoms with van der Waals surface area (Å²) in [6.07, 6.45) is -4.52. The number of hydrogen-bond donors (Lipinski definition) is 1. The summed E-state index contributed by atoms with van der Waals surface area (Å²) in [6, 6.07) is 16.4. The molecule has 228 valence electrons. The van der Waals surface area contributed by atoms with Crippen LogP contribution in [-0.4, -0.2) is 22.3 Å². The van der Waals surface area contributed by atoms with Crippen LogP contribution in [0, 0.1) is 15.5 Å². The number of ether oxygens (including phenoxy) is 2. The van der Waals surface area contributed by atoms with Crippen molar-refractivity contribution in [3.8, 4) is 17.2 Å². The Kier molecular flexibility index (Phi) is 11.8. The highest BCUT2D eigenvalue weighted by Crippen LogP contribution is 2.38. The zero-order valence-corrected chi connectivity index (χ0v) is 26.4. The molecule has 7 nitrogen and oxygen atoms in total. The molecule has 0 aliphatic heterocycles. The zero-order valence-electron chi connectivity index (χ0n) is 24.0. The molecule has 1 amide bonds. The minimum Gasteiger partial charge on any atom is -0.487 e. The lowest BCUT2D eigenvalue weighted by atomic mass is 9.89. The van der Waals surface area contributed by atoms with E-state index < -0.39 is 16.7 Å². The van der Waals surface area contributed by atoms with Gasteiger partial charge in [0.25, 0.3) is 0 Å². The molecule has 0 aromatic heterocycles. The van der Waals surface area contributed by atoms with Gasteiger partial charge in [0.15, 0.2) is 0 Å². The normalized spacial score (nSPS) is 12.5. The topological polar surface area (TPSA) is 90.7 Å². The first-order chi connectivity index (χ1) is 19.4. The van der Waals surface area contributed by atoms with Gasteiger partial charge in [-0.2, -0.15) is 13.2 Å². The first kappa shape index (κ1) is 34.9. The number of benzene rings is 3. The standard InChI is InChI=1S/C15H22BrNO.C15H11ClF3NO4/c1-14(2,3)12(16)13(18)17-15(4,5)11-9-7-6-8-10-11;1-2-23-14-8-10(4-5-12(14)20(21)22)24-13-6-3-9(7-11(13)16)15(17,18)19/h6-10,12H,1-5H3,(H,17,18);3-8H,2H2,1H3. The number of alkyl halides is 4. The van der Waals surface area contributed by atoms with Crippen LogP contribution in [-0.2, 0) is 16.5 Å². The van der Waals surface area contributed by atoms with Crippen molar-refractivity contribution < 1.29 is 32.4 Å². The van der Waals surface area contributed by atoms with Crippen molar-refractivity contribution in [2.75, 3.05) is 6.61 Å². The SMILES string of the molecule is CC(C)(NC(=O)C(Br)C(C)(C)C)c1ccccc1.CCOc1cc(Oc2ccc(C(F)(F)F)cc2Cl)ccc1[N+](=O)[O-]. The van der Waals surface area contributed by atoms with E-state index in [4.69, 9.17) is 21.1 Å². The van der Waals surface area contributed by atoms with Gasteiger partial charge in [0.2, 0.25) is 11.7 Å². The Labute approximate surface area is 256 Å². The Morgan fingerprint density at radius 3 is 2.10 bits per heavy atom. The lowest BCUT2D eigenvalue weighted by Gasteiger charge is -2.31. The smallest absolute Gasteiger partial charge is 0.416 e. The minimum absolute atomic E-state index is 0.0111. The quantitative estimate of drug-likeness (QED) is 0.146. The zero-order chi connectivity index (χ0) is 31.9. The summed E-state index contributed by atoms with van der Waals surface area (Å²) in [7, 11) is 0. The second-order valence-corrected chi connectivity index (χ2v) is 12.1. The van der Waals surface area contributed by atoms with Gasteiger partial charge < -0.3 is 14.8 Å². The maximum absolute atomic E-state index is 12.6. The van der Waals surface area contributed by atoms with Gasteiger partial charge in [-0.15, -0.1) is 0 Å². The predicted octanol–water partition coefficient (Wildman–Crippen LogP) is 9.31. The fraction of sp³-hybridized carbons (Fsp3) is 0.367. The summed E-state index contributed by atoms with van der Waals surface area (Å²) in [5.41, 5.74) is -0.514. The number of nitro groups is 1. The minimum atomic E-state index is -4.52. The van der Waals surface area contributed by atoms with E-state index in [-0.39, 0.29) is 56.3 Å². The van der Waals surface area contributed by atoms with Crippen molar-refractivity contribution in [1.29, 1.82) is 0 Å². The van der Waals surface area contributed by atoms with E-state index in [1.54, 1.807) is 6.92 Å². The number of halogens is 5. The Morgan fingerprint density at radius 1 is 0.976 bits per heavy atom. The van der Waals surface area contributed by atoms with Crippen molar-refractivity contribution in [2.45, 2.75) is 58.1 Å². The third-order valence-corrected chi connectivity index (χ3v) is 7.92. The van der Waals surface area contributed by atoms with Crippen molar-refractivity contribution in [2.24, 2.45) is 5.41 Å². The molecule has 3 rings (SSSR count). The lowest BCUT2D eigenvalue weighted by Crippen LogP contribution is -2.47. The van der Waals surface area contributed by atoms with Crippen molar-refractivity contribution in [3.05, 3.63) is 93.0 Å². The number of hydrogen-bond acceptors (Lipinski definition) is 5. The molecule has 1 atom stereocenters. The molecule has 0 spiro atoms. The van der Waals surface area contributed by atoms with E-state index in [2.05, 4.69) is 21.2 Å². The molecule has 1 N–H and O–H groups in total. The van der Waals surface area contributed by atoms with Crippen LogP contribution in [0.1, 0.15) is 52.7 Å². The molecule has 3 aromatic carbocycles. The molecule has 0 fully saturated rings. The Hall–Kier alpha value is -3.31. The van der Waals surface area contributed by atoms with Crippen molar-refractivity contribution >= 4 is 39.1 Å². The maximum Gasteiger partial charge on any atom is 0.416 e. The summed E-state index contributed by atoms with van der Waals surface area (Å²) in [6.45, 7) is 12.0. The molecule has 3 aromatic rings. The first-order valence-corrected chi connectivity index (χ1v) is 14.1. The van der Waals surface area contributed by atoms with Crippen LogP contribution < -0.4 is 14.8 Å². The lowest BCUT2D eigenvalue weighted by molar-refractivity contribution is -0.385. The van der Waals surface area contributed by atoms with Crippen LogP contribution in [0.25, 0.3) is 0 Å². The molecule has 0 heterocycles. The fourth-order valence-electron chi connectivity index (χ4n) is 3.56. The first-order valence-electron chi connectivity index (χ1n) is 12.8. The Bertz CT molecular complexity index is 1380. The van der Waals surface area contributed by atoms with Gasteiger partial charge in [0.05, 0.1) is 32.5 Å². The average Bonchev–Trinajstić information content (AvgIpc) is 2.89. The number of carbonyl (C=O) groups excluding carboxylic acids is 1. The molecule has 0 bridgehead atoms. The molecular formula is C30H33BrClF3N2O5. The van der Waals surface area contributed by atoms with Crippen LogP contribution in [0.15, 0.2) is 66.7 Å². The molecular weight excluding hydrogens is 641 g/mol. The van der Waals surface area contributed by atoms with E-state index >= 15 is 0 Å². The summed E-state index contributed by atoms with van der Waals surface area (Å²) < 4.78 is 48.4. The van der Waals surface area contributed by atoms with E-state index in [0.717, 1.165) is 23.8 Å². The second kappa shape index (κ2) is 14.2. The van der Waals surface area contributed by atoms with Crippen LogP contribution in [0.3, 0.4) is 0 Å². The van der Waals surface area contributed by atoms with Gasteiger partial charge in [0.1, 0.15) is 11.5 Å². The number of nitro benzene ring substituents is 1. The highest BCUT2D eigenvalue weighted by atomic mass is 79.9. The summed E-state index contributed by atoms with van der Waals surface area (Å²) in [5.74, 6) is 0.145. The molecule has 0 saturated heterocycles. The van der Waals surface area contributed by atoms with Crippen molar-refractivity contribution in [3.63, 3.8) is 0 Å². The van der Waals surface area contributed by atoms with Crippen LogP contribution in [0.5, 0.6) is 17.2 Å². The van der Waals surface area contributed by atoms with Crippen LogP contribution in [0.4, 0.5) is 18.9 Å². The highest BCUT2D eigenvalue weighted by Gasteiger charge is 2.33. The number of rotatable bonds is 8. The molecule has 0 radical (unpaired) electrons. The van der Waals surface area contributed by atoms with E-state index in [1.807, 2.05) is 65.0 Å². The number of amides is 1. The van der Waals surface area contributed by atoms with E-state index in [1.165, 1.54) is 18.2 Å². The maximum atomic E-state index is 12.6. The molecule has 0 aliphatic rings. The highest BCUT2D eigenvalue weighted by molar-refractivity contribution is 9.10. The van der Waals surface area contributed by atoms with Gasteiger partial charge in [0, 0.05) is 12.1 Å². The van der Waals surface area contributed by atoms with E-state index in [9.17, 15) is 28.1 Å². The van der Waals surface area contributed by atoms with E-state index in [0.29, 0.717) is 0 Å². The summed E-state index contributed by atoms with van der Waals surface area (Å²) in [4.78, 5) is 22.3. The van der Waals surface area contributed by atoms with Crippen LogP contribution in [0.2, 0.25) is 5.02 Å².